The average molecular weight is 340 g/mol. The summed E-state index contributed by atoms with van der Waals surface area (Å²) in [6.07, 6.45) is 0. The second kappa shape index (κ2) is 6.44. The smallest absolute Gasteiger partial charge is 0.150 e. The van der Waals surface area contributed by atoms with E-state index in [1.54, 1.807) is 0 Å². The van der Waals surface area contributed by atoms with E-state index >= 15 is 0 Å². The summed E-state index contributed by atoms with van der Waals surface area (Å²) in [5.41, 5.74) is 2.34. The van der Waals surface area contributed by atoms with Gasteiger partial charge in [-0.1, -0.05) is 65.6 Å². The normalized spacial score (nSPS) is 10.8. The quantitative estimate of drug-likeness (QED) is 0.607. The van der Waals surface area contributed by atoms with Crippen LogP contribution in [0.25, 0.3) is 0 Å². The molecular formula is C16H16BrClO. The molecule has 0 saturated heterocycles. The number of hydrogen-bond acceptors (Lipinski definition) is 1. The van der Waals surface area contributed by atoms with Crippen LogP contribution in [-0.2, 0) is 5.33 Å². The molecule has 0 saturated carbocycles. The maximum absolute atomic E-state index is 6.19. The molecule has 100 valence electrons. The van der Waals surface area contributed by atoms with Gasteiger partial charge in [0.15, 0.2) is 0 Å². The number of rotatable bonds is 4. The van der Waals surface area contributed by atoms with Crippen LogP contribution in [0.1, 0.15) is 30.9 Å². The van der Waals surface area contributed by atoms with Gasteiger partial charge < -0.3 is 4.74 Å². The maximum Gasteiger partial charge on any atom is 0.150 e. The summed E-state index contributed by atoms with van der Waals surface area (Å²) in [6.45, 7) is 4.35. The van der Waals surface area contributed by atoms with Crippen LogP contribution in [0.4, 0.5) is 0 Å². The summed E-state index contributed by atoms with van der Waals surface area (Å²) >= 11 is 9.64. The zero-order chi connectivity index (χ0) is 13.8. The highest BCUT2D eigenvalue weighted by molar-refractivity contribution is 9.08. The van der Waals surface area contributed by atoms with Crippen LogP contribution in [0.3, 0.4) is 0 Å². The molecule has 19 heavy (non-hydrogen) atoms. The van der Waals surface area contributed by atoms with Crippen molar-refractivity contribution >= 4 is 27.5 Å². The topological polar surface area (TPSA) is 9.23 Å². The fourth-order valence-corrected chi connectivity index (χ4v) is 2.49. The van der Waals surface area contributed by atoms with Crippen molar-refractivity contribution in [3.05, 3.63) is 58.6 Å². The highest BCUT2D eigenvalue weighted by atomic mass is 79.9. The van der Waals surface area contributed by atoms with Crippen LogP contribution in [0.15, 0.2) is 42.5 Å². The van der Waals surface area contributed by atoms with Crippen LogP contribution in [-0.4, -0.2) is 0 Å². The molecule has 2 rings (SSSR count). The third-order valence-electron chi connectivity index (χ3n) is 2.96. The number of para-hydroxylation sites is 1. The first kappa shape index (κ1) is 14.4. The van der Waals surface area contributed by atoms with Gasteiger partial charge in [-0.25, -0.2) is 0 Å². The number of benzene rings is 2. The molecular weight excluding hydrogens is 324 g/mol. The molecule has 0 aliphatic heterocycles. The molecule has 2 aromatic rings. The SMILES string of the molecule is CC(C)c1ccc(Oc2c(Cl)cccc2CBr)cc1. The van der Waals surface area contributed by atoms with Crippen molar-refractivity contribution in [1.82, 2.24) is 0 Å². The van der Waals surface area contributed by atoms with E-state index in [9.17, 15) is 0 Å². The Morgan fingerprint density at radius 3 is 2.37 bits per heavy atom. The molecule has 3 heteroatoms. The highest BCUT2D eigenvalue weighted by Gasteiger charge is 2.09. The molecule has 0 aliphatic carbocycles. The van der Waals surface area contributed by atoms with Gasteiger partial charge in [0.1, 0.15) is 11.5 Å². The Labute approximate surface area is 127 Å². The fourth-order valence-electron chi connectivity index (χ4n) is 1.81. The van der Waals surface area contributed by atoms with E-state index in [1.165, 1.54) is 5.56 Å². The van der Waals surface area contributed by atoms with Gasteiger partial charge in [-0.15, -0.1) is 0 Å². The standard InChI is InChI=1S/C16H16BrClO/c1-11(2)12-6-8-14(9-7-12)19-16-13(10-17)4-3-5-15(16)18/h3-9,11H,10H2,1-2H3. The molecule has 0 bridgehead atoms. The van der Waals surface area contributed by atoms with Gasteiger partial charge >= 0.3 is 0 Å². The summed E-state index contributed by atoms with van der Waals surface area (Å²) in [5.74, 6) is 2.05. The predicted octanol–water partition coefficient (Wildman–Crippen LogP) is 6.15. The van der Waals surface area contributed by atoms with Crippen molar-refractivity contribution in [2.45, 2.75) is 25.1 Å². The molecule has 2 aromatic carbocycles. The van der Waals surface area contributed by atoms with Crippen LogP contribution in [0.5, 0.6) is 11.5 Å². The van der Waals surface area contributed by atoms with E-state index < -0.39 is 0 Å². The lowest BCUT2D eigenvalue weighted by molar-refractivity contribution is 0.478. The van der Waals surface area contributed by atoms with Gasteiger partial charge in [-0.05, 0) is 29.7 Å². The Hall–Kier alpha value is -0.990. The largest absolute Gasteiger partial charge is 0.455 e. The minimum absolute atomic E-state index is 0.521. The van der Waals surface area contributed by atoms with Crippen molar-refractivity contribution in [2.75, 3.05) is 0 Å². The average Bonchev–Trinajstić information content (AvgIpc) is 2.41. The Kier molecular flexibility index (Phi) is 4.89. The van der Waals surface area contributed by atoms with Crippen LogP contribution < -0.4 is 4.74 Å². The van der Waals surface area contributed by atoms with Gasteiger partial charge in [-0.3, -0.25) is 0 Å². The zero-order valence-corrected chi connectivity index (χ0v) is 13.3. The van der Waals surface area contributed by atoms with E-state index in [-0.39, 0.29) is 0 Å². The first-order valence-corrected chi connectivity index (χ1v) is 7.73. The maximum atomic E-state index is 6.19. The zero-order valence-electron chi connectivity index (χ0n) is 11.0. The molecule has 0 aliphatic rings. The lowest BCUT2D eigenvalue weighted by Gasteiger charge is -2.12. The molecule has 0 unspecified atom stereocenters. The molecule has 0 heterocycles. The number of alkyl halides is 1. The minimum Gasteiger partial charge on any atom is -0.455 e. The molecule has 1 nitrogen and oxygen atoms in total. The van der Waals surface area contributed by atoms with Crippen LogP contribution >= 0.6 is 27.5 Å². The van der Waals surface area contributed by atoms with E-state index in [4.69, 9.17) is 16.3 Å². The summed E-state index contributed by atoms with van der Waals surface area (Å²) in [5, 5.41) is 1.34. The van der Waals surface area contributed by atoms with Gasteiger partial charge in [0.2, 0.25) is 0 Å². The van der Waals surface area contributed by atoms with Crippen molar-refractivity contribution in [2.24, 2.45) is 0 Å². The monoisotopic (exact) mass is 338 g/mol. The van der Waals surface area contributed by atoms with Gasteiger partial charge in [0, 0.05) is 10.9 Å². The molecule has 0 fully saturated rings. The number of hydrogen-bond donors (Lipinski definition) is 0. The predicted molar refractivity (Wildman–Crippen MR) is 84.7 cm³/mol. The van der Waals surface area contributed by atoms with Crippen LogP contribution in [0.2, 0.25) is 5.02 Å². The van der Waals surface area contributed by atoms with Gasteiger partial charge in [0.05, 0.1) is 5.02 Å². The summed E-state index contributed by atoms with van der Waals surface area (Å²) < 4.78 is 5.90. The van der Waals surface area contributed by atoms with Crippen molar-refractivity contribution in [3.63, 3.8) is 0 Å². The summed E-state index contributed by atoms with van der Waals surface area (Å²) in [4.78, 5) is 0. The van der Waals surface area contributed by atoms with Crippen LogP contribution in [0, 0.1) is 0 Å². The highest BCUT2D eigenvalue weighted by Crippen LogP contribution is 2.34. The van der Waals surface area contributed by atoms with Gasteiger partial charge in [-0.2, -0.15) is 0 Å². The Morgan fingerprint density at radius 1 is 1.11 bits per heavy atom. The number of ether oxygens (including phenoxy) is 1. The third kappa shape index (κ3) is 3.52. The third-order valence-corrected chi connectivity index (χ3v) is 3.86. The molecule has 0 atom stereocenters. The van der Waals surface area contributed by atoms with Crippen molar-refractivity contribution < 1.29 is 4.74 Å². The first-order valence-electron chi connectivity index (χ1n) is 6.23. The molecule has 0 spiro atoms. The van der Waals surface area contributed by atoms with Crippen molar-refractivity contribution in [1.29, 1.82) is 0 Å². The Morgan fingerprint density at radius 2 is 1.79 bits per heavy atom. The Balaban J connectivity index is 2.26. The summed E-state index contributed by atoms with van der Waals surface area (Å²) in [7, 11) is 0. The van der Waals surface area contributed by atoms with E-state index in [1.807, 2.05) is 30.3 Å². The summed E-state index contributed by atoms with van der Waals surface area (Å²) in [6, 6.07) is 13.9. The van der Waals surface area contributed by atoms with Crippen molar-refractivity contribution in [3.8, 4) is 11.5 Å². The lowest BCUT2D eigenvalue weighted by atomic mass is 10.0. The number of halogens is 2. The second-order valence-corrected chi connectivity index (χ2v) is 5.66. The fraction of sp³-hybridized carbons (Fsp3) is 0.250. The first-order chi connectivity index (χ1) is 9.11. The van der Waals surface area contributed by atoms with E-state index in [2.05, 4.69) is 41.9 Å². The molecule has 0 aromatic heterocycles. The lowest BCUT2D eigenvalue weighted by Crippen LogP contribution is -1.92. The molecule has 0 amide bonds. The van der Waals surface area contributed by atoms with E-state index in [0.29, 0.717) is 16.3 Å². The van der Waals surface area contributed by atoms with E-state index in [0.717, 1.165) is 17.1 Å². The Bertz CT molecular complexity index is 549. The van der Waals surface area contributed by atoms with Gasteiger partial charge in [0.25, 0.3) is 0 Å². The molecule has 0 radical (unpaired) electrons. The minimum atomic E-state index is 0.521. The second-order valence-electron chi connectivity index (χ2n) is 4.69. The molecule has 0 N–H and O–H groups in total.